The molecule has 1 aromatic heterocycles. The highest BCUT2D eigenvalue weighted by Gasteiger charge is 2.48. The standard InChI is InChI=1S/C19H23F3N4O4S/c1-13(2)9-10-15-18(27)25(31(28,29)24(15)3)12-30-17-11-16(19(20,21)22)23-26(17)14-7-5-4-6-8-14/h4-8,11,13,15H,9-10,12H2,1-3H3. The molecular formula is C19H23F3N4O4S. The maximum absolute atomic E-state index is 13.2. The summed E-state index contributed by atoms with van der Waals surface area (Å²) in [5.74, 6) is -0.741. The van der Waals surface area contributed by atoms with Crippen LogP contribution in [0.25, 0.3) is 5.69 Å². The van der Waals surface area contributed by atoms with Gasteiger partial charge >= 0.3 is 16.4 Å². The first kappa shape index (κ1) is 23.1. The fourth-order valence-corrected chi connectivity index (χ4v) is 4.53. The molecule has 170 valence electrons. The van der Waals surface area contributed by atoms with Gasteiger partial charge < -0.3 is 4.74 Å². The van der Waals surface area contributed by atoms with Gasteiger partial charge in [-0.1, -0.05) is 32.0 Å². The summed E-state index contributed by atoms with van der Waals surface area (Å²) in [6, 6.07) is 7.73. The van der Waals surface area contributed by atoms with Crippen molar-refractivity contribution in [3.63, 3.8) is 0 Å². The zero-order valence-electron chi connectivity index (χ0n) is 17.2. The number of benzene rings is 1. The van der Waals surface area contributed by atoms with E-state index in [-0.39, 0.29) is 17.5 Å². The van der Waals surface area contributed by atoms with Gasteiger partial charge in [0.25, 0.3) is 5.91 Å². The first-order valence-corrected chi connectivity index (χ1v) is 11.0. The van der Waals surface area contributed by atoms with Crippen molar-refractivity contribution in [2.75, 3.05) is 13.8 Å². The molecule has 1 unspecified atom stereocenters. The number of nitrogens with zero attached hydrogens (tertiary/aromatic N) is 4. The second kappa shape index (κ2) is 8.50. The molecule has 1 aliphatic heterocycles. The number of carbonyl (C=O) groups excluding carboxylic acids is 1. The van der Waals surface area contributed by atoms with Crippen LogP contribution in [0.3, 0.4) is 0 Å². The summed E-state index contributed by atoms with van der Waals surface area (Å²) in [4.78, 5) is 12.7. The number of halogens is 3. The van der Waals surface area contributed by atoms with Gasteiger partial charge in [-0.25, -0.2) is 4.68 Å². The Morgan fingerprint density at radius 1 is 1.19 bits per heavy atom. The van der Waals surface area contributed by atoms with E-state index >= 15 is 0 Å². The third-order valence-corrected chi connectivity index (χ3v) is 6.75. The Kier molecular flexibility index (Phi) is 6.33. The van der Waals surface area contributed by atoms with Gasteiger partial charge in [0.15, 0.2) is 12.4 Å². The fourth-order valence-electron chi connectivity index (χ4n) is 3.16. The number of amides is 1. The Morgan fingerprint density at radius 3 is 2.42 bits per heavy atom. The molecule has 3 rings (SSSR count). The lowest BCUT2D eigenvalue weighted by atomic mass is 10.0. The molecule has 0 N–H and O–H groups in total. The number of ether oxygens (including phenoxy) is 1. The van der Waals surface area contributed by atoms with Crippen LogP contribution in [0.2, 0.25) is 0 Å². The highest BCUT2D eigenvalue weighted by Crippen LogP contribution is 2.33. The number of likely N-dealkylation sites (N-methyl/N-ethyl adjacent to an activating group) is 1. The molecule has 0 saturated carbocycles. The molecule has 1 aliphatic rings. The lowest BCUT2D eigenvalue weighted by molar-refractivity contribution is -0.141. The first-order chi connectivity index (χ1) is 14.4. The maximum Gasteiger partial charge on any atom is 0.435 e. The van der Waals surface area contributed by atoms with Crippen molar-refractivity contribution in [3.05, 3.63) is 42.1 Å². The molecule has 1 aromatic carbocycles. The molecule has 0 bridgehead atoms. The number of alkyl halides is 3. The summed E-state index contributed by atoms with van der Waals surface area (Å²) >= 11 is 0. The quantitative estimate of drug-likeness (QED) is 0.634. The molecule has 1 fully saturated rings. The van der Waals surface area contributed by atoms with Crippen molar-refractivity contribution in [3.8, 4) is 11.6 Å². The molecule has 12 heteroatoms. The summed E-state index contributed by atoms with van der Waals surface area (Å²) in [6.07, 6.45) is -3.75. The van der Waals surface area contributed by atoms with Gasteiger partial charge in [0.2, 0.25) is 5.88 Å². The van der Waals surface area contributed by atoms with Crippen LogP contribution in [0.5, 0.6) is 5.88 Å². The van der Waals surface area contributed by atoms with Crippen molar-refractivity contribution in [1.29, 1.82) is 0 Å². The van der Waals surface area contributed by atoms with E-state index in [1.165, 1.54) is 19.2 Å². The number of aromatic nitrogens is 2. The highest BCUT2D eigenvalue weighted by molar-refractivity contribution is 7.87. The van der Waals surface area contributed by atoms with E-state index in [0.717, 1.165) is 8.99 Å². The molecule has 1 saturated heterocycles. The third-order valence-electron chi connectivity index (χ3n) is 4.93. The molecular weight excluding hydrogens is 437 g/mol. The third kappa shape index (κ3) is 4.69. The average Bonchev–Trinajstić information content (AvgIpc) is 3.18. The van der Waals surface area contributed by atoms with Crippen LogP contribution in [0.1, 0.15) is 32.4 Å². The number of hydrogen-bond donors (Lipinski definition) is 0. The van der Waals surface area contributed by atoms with Crippen LogP contribution in [-0.4, -0.2) is 52.5 Å². The molecule has 0 aliphatic carbocycles. The van der Waals surface area contributed by atoms with E-state index in [2.05, 4.69) is 5.10 Å². The minimum atomic E-state index is -4.73. The summed E-state index contributed by atoms with van der Waals surface area (Å²) in [7, 11) is -2.84. The second-order valence-electron chi connectivity index (χ2n) is 7.58. The largest absolute Gasteiger partial charge is 0.455 e. The minimum Gasteiger partial charge on any atom is -0.455 e. The smallest absolute Gasteiger partial charge is 0.435 e. The van der Waals surface area contributed by atoms with E-state index in [1.807, 2.05) is 13.8 Å². The van der Waals surface area contributed by atoms with Crippen molar-refractivity contribution in [1.82, 2.24) is 18.4 Å². The molecule has 1 amide bonds. The Balaban J connectivity index is 1.86. The fraction of sp³-hybridized carbons (Fsp3) is 0.474. The molecule has 8 nitrogen and oxygen atoms in total. The highest BCUT2D eigenvalue weighted by atomic mass is 32.2. The van der Waals surface area contributed by atoms with Crippen LogP contribution in [0.15, 0.2) is 36.4 Å². The number of para-hydroxylation sites is 1. The molecule has 0 spiro atoms. The molecule has 2 heterocycles. The van der Waals surface area contributed by atoms with Crippen LogP contribution in [-0.2, 0) is 21.2 Å². The summed E-state index contributed by atoms with van der Waals surface area (Å²) in [5, 5.41) is 3.53. The van der Waals surface area contributed by atoms with Gasteiger partial charge in [0.1, 0.15) is 6.04 Å². The van der Waals surface area contributed by atoms with Gasteiger partial charge in [-0.15, -0.1) is 0 Å². The zero-order valence-corrected chi connectivity index (χ0v) is 18.0. The predicted molar refractivity (Wildman–Crippen MR) is 105 cm³/mol. The van der Waals surface area contributed by atoms with Crippen LogP contribution >= 0.6 is 0 Å². The number of carbonyl (C=O) groups is 1. The van der Waals surface area contributed by atoms with Crippen molar-refractivity contribution in [2.24, 2.45) is 5.92 Å². The van der Waals surface area contributed by atoms with Crippen molar-refractivity contribution < 1.29 is 31.1 Å². The first-order valence-electron chi connectivity index (χ1n) is 9.58. The van der Waals surface area contributed by atoms with E-state index < -0.39 is 40.8 Å². The Hall–Kier alpha value is -2.60. The van der Waals surface area contributed by atoms with Gasteiger partial charge in [-0.2, -0.15) is 35.3 Å². The van der Waals surface area contributed by atoms with E-state index in [9.17, 15) is 26.4 Å². The van der Waals surface area contributed by atoms with E-state index in [0.29, 0.717) is 23.2 Å². The Morgan fingerprint density at radius 2 is 1.84 bits per heavy atom. The predicted octanol–water partition coefficient (Wildman–Crippen LogP) is 3.05. The van der Waals surface area contributed by atoms with Gasteiger partial charge in [0, 0.05) is 13.1 Å². The van der Waals surface area contributed by atoms with Crippen LogP contribution < -0.4 is 4.74 Å². The maximum atomic E-state index is 13.2. The lowest BCUT2D eigenvalue weighted by Crippen LogP contribution is -2.36. The molecule has 31 heavy (non-hydrogen) atoms. The van der Waals surface area contributed by atoms with Gasteiger partial charge in [0.05, 0.1) is 5.69 Å². The lowest BCUT2D eigenvalue weighted by Gasteiger charge is -2.17. The average molecular weight is 460 g/mol. The van der Waals surface area contributed by atoms with Crippen LogP contribution in [0, 0.1) is 5.92 Å². The van der Waals surface area contributed by atoms with E-state index in [1.54, 1.807) is 18.2 Å². The van der Waals surface area contributed by atoms with Gasteiger partial charge in [-0.05, 0) is 30.9 Å². The summed E-state index contributed by atoms with van der Waals surface area (Å²) in [6.45, 7) is 3.15. The molecule has 1 atom stereocenters. The molecule has 0 radical (unpaired) electrons. The summed E-state index contributed by atoms with van der Waals surface area (Å²) < 4.78 is 72.6. The Bertz CT molecular complexity index is 1040. The number of rotatable bonds is 7. The van der Waals surface area contributed by atoms with Crippen molar-refractivity contribution >= 4 is 16.1 Å². The number of hydrogen-bond acceptors (Lipinski definition) is 5. The Labute approximate surface area is 178 Å². The van der Waals surface area contributed by atoms with Crippen LogP contribution in [0.4, 0.5) is 13.2 Å². The monoisotopic (exact) mass is 460 g/mol. The van der Waals surface area contributed by atoms with E-state index in [4.69, 9.17) is 4.74 Å². The zero-order chi connectivity index (χ0) is 23.0. The summed E-state index contributed by atoms with van der Waals surface area (Å²) in [5.41, 5.74) is -0.913. The normalized spacial score (nSPS) is 19.4. The topological polar surface area (TPSA) is 84.7 Å². The molecule has 2 aromatic rings. The SMILES string of the molecule is CC(C)CCC1C(=O)N(COc2cc(C(F)(F)F)nn2-c2ccccc2)S(=O)(=O)N1C. The van der Waals surface area contributed by atoms with Crippen molar-refractivity contribution in [2.45, 2.75) is 38.9 Å². The second-order valence-corrected chi connectivity index (χ2v) is 9.50. The minimum absolute atomic E-state index is 0.273. The van der Waals surface area contributed by atoms with Gasteiger partial charge in [-0.3, -0.25) is 4.79 Å².